The quantitative estimate of drug-likeness (QED) is 0.319. The van der Waals surface area contributed by atoms with E-state index in [1.165, 1.54) is 11.8 Å². The Balaban J connectivity index is 1.87. The van der Waals surface area contributed by atoms with Gasteiger partial charge in [0.2, 0.25) is 11.8 Å². The zero-order valence-electron chi connectivity index (χ0n) is 13.4. The molecule has 6 nitrogen and oxygen atoms in total. The summed E-state index contributed by atoms with van der Waals surface area (Å²) in [6.07, 6.45) is 1.71. The van der Waals surface area contributed by atoms with Gasteiger partial charge in [0, 0.05) is 32.0 Å². The van der Waals surface area contributed by atoms with Crippen LogP contribution in [0.4, 0.5) is 11.4 Å². The normalized spacial score (nSPS) is 10.5. The maximum absolute atomic E-state index is 12.0. The zero-order valence-corrected chi connectivity index (χ0v) is 16.4. The minimum Gasteiger partial charge on any atom is -0.478 e. The van der Waals surface area contributed by atoms with Crippen LogP contribution in [0.1, 0.15) is 0 Å². The number of benzene rings is 2. The third-order valence-corrected chi connectivity index (χ3v) is 4.69. The lowest BCUT2D eigenvalue weighted by atomic mass is 10.3. The van der Waals surface area contributed by atoms with E-state index >= 15 is 0 Å². The monoisotopic (exact) mass is 482 g/mol. The molecule has 2 aromatic rings. The van der Waals surface area contributed by atoms with Crippen LogP contribution >= 0.6 is 34.4 Å². The molecule has 0 aliphatic rings. The van der Waals surface area contributed by atoms with Crippen molar-refractivity contribution in [2.24, 2.45) is 0 Å². The van der Waals surface area contributed by atoms with Crippen LogP contribution in [0, 0.1) is 3.57 Å². The molecule has 0 spiro atoms. The summed E-state index contributed by atoms with van der Waals surface area (Å²) in [6.45, 7) is 0. The Morgan fingerprint density at radius 3 is 2.42 bits per heavy atom. The van der Waals surface area contributed by atoms with Crippen LogP contribution in [-0.2, 0) is 14.4 Å². The van der Waals surface area contributed by atoms with E-state index in [0.717, 1.165) is 26.3 Å². The molecule has 2 aromatic carbocycles. The van der Waals surface area contributed by atoms with Crippen LogP contribution in [0.3, 0.4) is 0 Å². The SMILES string of the molecule is O=C(O)/C=C/C(=O)Nc1cccc(SCC(=O)Nc2ccc(I)cc2)c1. The van der Waals surface area contributed by atoms with Gasteiger partial charge >= 0.3 is 5.97 Å². The highest BCUT2D eigenvalue weighted by Gasteiger charge is 2.05. The first-order valence-electron chi connectivity index (χ1n) is 7.42. The van der Waals surface area contributed by atoms with E-state index < -0.39 is 11.9 Å². The number of amides is 2. The number of anilines is 2. The Morgan fingerprint density at radius 2 is 1.73 bits per heavy atom. The minimum atomic E-state index is -1.19. The van der Waals surface area contributed by atoms with Crippen molar-refractivity contribution in [1.82, 2.24) is 0 Å². The molecule has 0 aliphatic heterocycles. The van der Waals surface area contributed by atoms with E-state index in [0.29, 0.717) is 5.69 Å². The minimum absolute atomic E-state index is 0.130. The van der Waals surface area contributed by atoms with Gasteiger partial charge in [-0.1, -0.05) is 6.07 Å². The molecule has 0 atom stereocenters. The van der Waals surface area contributed by atoms with Crippen molar-refractivity contribution in [2.45, 2.75) is 4.90 Å². The molecule has 0 aromatic heterocycles. The van der Waals surface area contributed by atoms with Gasteiger partial charge in [0.1, 0.15) is 0 Å². The van der Waals surface area contributed by atoms with Gasteiger partial charge in [-0.05, 0) is 65.1 Å². The lowest BCUT2D eigenvalue weighted by Crippen LogP contribution is -2.14. The summed E-state index contributed by atoms with van der Waals surface area (Å²) in [4.78, 5) is 34.8. The molecule has 0 aliphatic carbocycles. The first-order valence-corrected chi connectivity index (χ1v) is 9.49. The number of thioether (sulfide) groups is 1. The number of carbonyl (C=O) groups excluding carboxylic acids is 2. The summed E-state index contributed by atoms with van der Waals surface area (Å²) in [5, 5.41) is 13.9. The standard InChI is InChI=1S/C18H15IN2O4S/c19-12-4-6-13(7-5-12)20-17(23)11-26-15-3-1-2-14(10-15)21-16(22)8-9-18(24)25/h1-10H,11H2,(H,20,23)(H,21,22)(H,24,25)/b9-8+. The first-order chi connectivity index (χ1) is 12.4. The predicted molar refractivity (Wildman–Crippen MR) is 110 cm³/mol. The summed E-state index contributed by atoms with van der Waals surface area (Å²) in [5.74, 6) is -1.63. The first kappa shape index (κ1) is 20.0. The lowest BCUT2D eigenvalue weighted by molar-refractivity contribution is -0.131. The summed E-state index contributed by atoms with van der Waals surface area (Å²) in [5.41, 5.74) is 1.26. The molecular weight excluding hydrogens is 467 g/mol. The molecule has 26 heavy (non-hydrogen) atoms. The van der Waals surface area contributed by atoms with E-state index in [-0.39, 0.29) is 11.7 Å². The van der Waals surface area contributed by atoms with Crippen molar-refractivity contribution in [3.8, 4) is 0 Å². The van der Waals surface area contributed by atoms with Crippen LogP contribution in [-0.4, -0.2) is 28.6 Å². The Bertz CT molecular complexity index is 837. The van der Waals surface area contributed by atoms with Crippen LogP contribution in [0.2, 0.25) is 0 Å². The highest BCUT2D eigenvalue weighted by Crippen LogP contribution is 2.22. The average molecular weight is 482 g/mol. The number of nitrogens with one attached hydrogen (secondary N) is 2. The summed E-state index contributed by atoms with van der Waals surface area (Å²) >= 11 is 3.53. The topological polar surface area (TPSA) is 95.5 Å². The summed E-state index contributed by atoms with van der Waals surface area (Å²) in [6, 6.07) is 14.5. The number of halogens is 1. The number of carboxylic acids is 1. The second-order valence-electron chi connectivity index (χ2n) is 5.03. The lowest BCUT2D eigenvalue weighted by Gasteiger charge is -2.07. The third-order valence-electron chi connectivity index (χ3n) is 2.98. The van der Waals surface area contributed by atoms with Crippen molar-refractivity contribution in [3.63, 3.8) is 0 Å². The van der Waals surface area contributed by atoms with Gasteiger partial charge in [0.05, 0.1) is 5.75 Å². The third kappa shape index (κ3) is 7.28. The molecule has 0 heterocycles. The van der Waals surface area contributed by atoms with E-state index in [2.05, 4.69) is 33.2 Å². The summed E-state index contributed by atoms with van der Waals surface area (Å²) in [7, 11) is 0. The fourth-order valence-corrected chi connectivity index (χ4v) is 2.99. The molecule has 2 rings (SSSR count). The molecule has 0 saturated carbocycles. The number of hydrogen-bond donors (Lipinski definition) is 3. The fourth-order valence-electron chi connectivity index (χ4n) is 1.87. The van der Waals surface area contributed by atoms with Crippen LogP contribution < -0.4 is 10.6 Å². The smallest absolute Gasteiger partial charge is 0.328 e. The van der Waals surface area contributed by atoms with Crippen LogP contribution in [0.5, 0.6) is 0 Å². The molecular formula is C18H15IN2O4S. The highest BCUT2D eigenvalue weighted by molar-refractivity contribution is 14.1. The summed E-state index contributed by atoms with van der Waals surface area (Å²) < 4.78 is 1.09. The number of aliphatic carboxylic acids is 1. The number of carboxylic acid groups (broad SMARTS) is 1. The maximum Gasteiger partial charge on any atom is 0.328 e. The highest BCUT2D eigenvalue weighted by atomic mass is 127. The van der Waals surface area contributed by atoms with Gasteiger partial charge in [-0.15, -0.1) is 11.8 Å². The molecule has 0 saturated heterocycles. The Labute approximate surface area is 168 Å². The second kappa shape index (κ2) is 9.97. The molecule has 2 amide bonds. The van der Waals surface area contributed by atoms with Crippen molar-refractivity contribution in [3.05, 3.63) is 64.3 Å². The van der Waals surface area contributed by atoms with E-state index in [1.54, 1.807) is 18.2 Å². The van der Waals surface area contributed by atoms with Crippen molar-refractivity contribution < 1.29 is 19.5 Å². The van der Waals surface area contributed by atoms with Crippen LogP contribution in [0.15, 0.2) is 65.6 Å². The second-order valence-corrected chi connectivity index (χ2v) is 7.33. The molecule has 0 bridgehead atoms. The average Bonchev–Trinajstić information content (AvgIpc) is 2.60. The van der Waals surface area contributed by atoms with E-state index in [9.17, 15) is 14.4 Å². The zero-order chi connectivity index (χ0) is 18.9. The Hall–Kier alpha value is -2.33. The van der Waals surface area contributed by atoms with Gasteiger partial charge in [0.25, 0.3) is 0 Å². The number of carbonyl (C=O) groups is 3. The van der Waals surface area contributed by atoms with Gasteiger partial charge < -0.3 is 15.7 Å². The molecule has 0 unspecified atom stereocenters. The van der Waals surface area contributed by atoms with Crippen molar-refractivity contribution >= 4 is 63.5 Å². The van der Waals surface area contributed by atoms with Gasteiger partial charge in [-0.25, -0.2) is 4.79 Å². The maximum atomic E-state index is 12.0. The molecule has 8 heteroatoms. The predicted octanol–water partition coefficient (Wildman–Crippen LogP) is 3.60. The van der Waals surface area contributed by atoms with Crippen LogP contribution in [0.25, 0.3) is 0 Å². The van der Waals surface area contributed by atoms with Gasteiger partial charge in [-0.2, -0.15) is 0 Å². The molecule has 0 radical (unpaired) electrons. The van der Waals surface area contributed by atoms with E-state index in [4.69, 9.17) is 5.11 Å². The molecule has 0 fully saturated rings. The number of hydrogen-bond acceptors (Lipinski definition) is 4. The largest absolute Gasteiger partial charge is 0.478 e. The number of rotatable bonds is 7. The van der Waals surface area contributed by atoms with Crippen molar-refractivity contribution in [2.75, 3.05) is 16.4 Å². The van der Waals surface area contributed by atoms with E-state index in [1.807, 2.05) is 30.3 Å². The van der Waals surface area contributed by atoms with Crippen molar-refractivity contribution in [1.29, 1.82) is 0 Å². The fraction of sp³-hybridized carbons (Fsp3) is 0.0556. The Morgan fingerprint density at radius 1 is 1.00 bits per heavy atom. The molecule has 3 N–H and O–H groups in total. The van der Waals surface area contributed by atoms with Gasteiger partial charge in [-0.3, -0.25) is 9.59 Å². The van der Waals surface area contributed by atoms with Gasteiger partial charge in [0.15, 0.2) is 0 Å². The molecule has 134 valence electrons. The Kier molecular flexibility index (Phi) is 7.67.